The highest BCUT2D eigenvalue weighted by atomic mass is 16.2. The van der Waals surface area contributed by atoms with E-state index in [-0.39, 0.29) is 18.2 Å². The number of fused-ring (bicyclic) bond motifs is 6. The van der Waals surface area contributed by atoms with Crippen LogP contribution in [0.1, 0.15) is 56.3 Å². The molecule has 12 heteroatoms. The van der Waals surface area contributed by atoms with Crippen LogP contribution in [0, 0.1) is 23.2 Å². The van der Waals surface area contributed by atoms with Gasteiger partial charge in [0.1, 0.15) is 6.42 Å². The number of imidazole rings is 2. The minimum absolute atomic E-state index is 0.0553. The molecule has 2 fully saturated rings. The second-order valence-corrected chi connectivity index (χ2v) is 11.8. The van der Waals surface area contributed by atoms with Crippen molar-refractivity contribution in [2.75, 3.05) is 26.2 Å². The lowest BCUT2D eigenvalue weighted by Gasteiger charge is -2.36. The summed E-state index contributed by atoms with van der Waals surface area (Å²) in [6.45, 7) is 8.05. The van der Waals surface area contributed by atoms with Crippen molar-refractivity contribution in [2.24, 2.45) is 11.8 Å². The normalized spacial score (nSPS) is 22.6. The number of aromatic nitrogens is 8. The van der Waals surface area contributed by atoms with Gasteiger partial charge in [-0.3, -0.25) is 13.6 Å². The first-order chi connectivity index (χ1) is 21.0. The maximum atomic E-state index is 12.1. The summed E-state index contributed by atoms with van der Waals surface area (Å²) in [6.07, 6.45) is 13.4. The fourth-order valence-electron chi connectivity index (χ4n) is 6.75. The highest BCUT2D eigenvalue weighted by Crippen LogP contribution is 2.34. The molecule has 0 radical (unpaired) electrons. The first-order valence-corrected chi connectivity index (χ1v) is 15.0. The number of H-pyrrole nitrogens is 2. The monoisotopic (exact) mass is 577 g/mol. The first-order valence-electron chi connectivity index (χ1n) is 15.0. The summed E-state index contributed by atoms with van der Waals surface area (Å²) in [4.78, 5) is 38.0. The zero-order chi connectivity index (χ0) is 29.5. The molecular formula is C31H35N11O. The Balaban J connectivity index is 0.000000143. The van der Waals surface area contributed by atoms with Gasteiger partial charge in [0.25, 0.3) is 0 Å². The number of aromatic amines is 2. The SMILES string of the molecule is CC1CCNCC1c1cnc2cnc3[nH]ccc3n12.C[C@@H]1CCN(C(=O)CC#N)C[C@@H]1c1cnc2cnc3[nH]ccc3n12. The molecule has 2 aliphatic heterocycles. The number of rotatable bonds is 3. The van der Waals surface area contributed by atoms with E-state index in [1.807, 2.05) is 48.0 Å². The van der Waals surface area contributed by atoms with E-state index in [0.29, 0.717) is 24.3 Å². The number of nitriles is 1. The number of piperidine rings is 2. The van der Waals surface area contributed by atoms with E-state index in [2.05, 4.69) is 63.9 Å². The summed E-state index contributed by atoms with van der Waals surface area (Å²) < 4.78 is 4.37. The fraction of sp³-hybridized carbons (Fsp3) is 0.419. The van der Waals surface area contributed by atoms with Gasteiger partial charge in [-0.2, -0.15) is 5.26 Å². The van der Waals surface area contributed by atoms with Crippen LogP contribution < -0.4 is 5.32 Å². The third-order valence-electron chi connectivity index (χ3n) is 9.27. The lowest BCUT2D eigenvalue weighted by molar-refractivity contribution is -0.131. The average Bonchev–Trinajstić information content (AvgIpc) is 3.82. The van der Waals surface area contributed by atoms with Gasteiger partial charge in [0.2, 0.25) is 5.91 Å². The van der Waals surface area contributed by atoms with Crippen LogP contribution in [0.2, 0.25) is 0 Å². The van der Waals surface area contributed by atoms with Crippen molar-refractivity contribution in [3.63, 3.8) is 0 Å². The summed E-state index contributed by atoms with van der Waals surface area (Å²) >= 11 is 0. The molecule has 2 unspecified atom stereocenters. The zero-order valence-electron chi connectivity index (χ0n) is 24.4. The molecule has 0 bridgehead atoms. The van der Waals surface area contributed by atoms with Crippen LogP contribution in [0.25, 0.3) is 33.6 Å². The van der Waals surface area contributed by atoms with E-state index in [1.165, 1.54) is 12.1 Å². The molecule has 6 aromatic rings. The number of hydrogen-bond acceptors (Lipinski definition) is 7. The summed E-state index contributed by atoms with van der Waals surface area (Å²) in [6, 6.07) is 6.02. The van der Waals surface area contributed by atoms with Crippen LogP contribution in [0.4, 0.5) is 0 Å². The van der Waals surface area contributed by atoms with Crippen molar-refractivity contribution in [2.45, 2.75) is 44.9 Å². The Hall–Kier alpha value is -4.76. The minimum Gasteiger partial charge on any atom is -0.345 e. The topological polar surface area (TPSA) is 148 Å². The Morgan fingerprint density at radius 1 is 0.884 bits per heavy atom. The molecule has 43 heavy (non-hydrogen) atoms. The number of carbonyl (C=O) groups excluding carboxylic acids is 1. The van der Waals surface area contributed by atoms with Crippen molar-refractivity contribution in [3.05, 3.63) is 60.7 Å². The van der Waals surface area contributed by atoms with Gasteiger partial charge >= 0.3 is 0 Å². The van der Waals surface area contributed by atoms with Gasteiger partial charge in [0.15, 0.2) is 22.6 Å². The molecule has 8 heterocycles. The smallest absolute Gasteiger partial charge is 0.236 e. The molecule has 0 saturated carbocycles. The molecule has 2 aliphatic rings. The number of amides is 1. The first kappa shape index (κ1) is 27.1. The molecule has 0 aliphatic carbocycles. The number of hydrogen-bond donors (Lipinski definition) is 3. The lowest BCUT2D eigenvalue weighted by Crippen LogP contribution is -2.42. The summed E-state index contributed by atoms with van der Waals surface area (Å²) in [5, 5.41) is 12.3. The van der Waals surface area contributed by atoms with Gasteiger partial charge in [-0.1, -0.05) is 13.8 Å². The Labute approximate surface area is 248 Å². The number of carbonyl (C=O) groups is 1. The molecule has 3 N–H and O–H groups in total. The largest absolute Gasteiger partial charge is 0.345 e. The molecule has 1 amide bonds. The predicted octanol–water partition coefficient (Wildman–Crippen LogP) is 4.00. The van der Waals surface area contributed by atoms with E-state index in [9.17, 15) is 4.79 Å². The van der Waals surface area contributed by atoms with Gasteiger partial charge in [0, 0.05) is 67.6 Å². The molecule has 220 valence electrons. The molecular weight excluding hydrogens is 542 g/mol. The van der Waals surface area contributed by atoms with E-state index in [4.69, 9.17) is 5.26 Å². The van der Waals surface area contributed by atoms with Crippen molar-refractivity contribution >= 4 is 39.5 Å². The standard InChI is InChI=1S/C17H18N6O.C14H17N5/c1-11-4-7-22(16(24)2-5-18)10-12(11)14-8-20-15-9-21-17-13(23(14)15)3-6-19-17;1-9-2-4-15-6-10(9)12-7-17-13-8-18-14-11(19(12)13)3-5-16-14/h3,6,8-9,11-12,19H,2,4,7,10H2,1H3;3,5,7-10,15-16H,2,4,6H2,1H3/t11-,12+;/m1./s1. The zero-order valence-corrected chi connectivity index (χ0v) is 24.4. The van der Waals surface area contributed by atoms with Gasteiger partial charge in [0.05, 0.1) is 29.5 Å². The Bertz CT molecular complexity index is 1960. The van der Waals surface area contributed by atoms with Gasteiger partial charge in [-0.05, 0) is 43.4 Å². The highest BCUT2D eigenvalue weighted by Gasteiger charge is 2.32. The Kier molecular flexibility index (Phi) is 7.02. The van der Waals surface area contributed by atoms with Crippen LogP contribution in [0.5, 0.6) is 0 Å². The highest BCUT2D eigenvalue weighted by molar-refractivity contribution is 5.78. The summed E-state index contributed by atoms with van der Waals surface area (Å²) in [7, 11) is 0. The van der Waals surface area contributed by atoms with Crippen LogP contribution >= 0.6 is 0 Å². The van der Waals surface area contributed by atoms with Crippen molar-refractivity contribution in [3.8, 4) is 6.07 Å². The van der Waals surface area contributed by atoms with Crippen molar-refractivity contribution in [1.82, 2.24) is 48.9 Å². The maximum Gasteiger partial charge on any atom is 0.236 e. The van der Waals surface area contributed by atoms with Gasteiger partial charge < -0.3 is 20.2 Å². The lowest BCUT2D eigenvalue weighted by atomic mass is 9.84. The maximum absolute atomic E-state index is 12.1. The third kappa shape index (κ3) is 4.79. The molecule has 12 nitrogen and oxygen atoms in total. The summed E-state index contributed by atoms with van der Waals surface area (Å²) in [5.74, 6) is 1.75. The number of nitrogens with one attached hydrogen (secondary N) is 3. The van der Waals surface area contributed by atoms with Crippen LogP contribution in [0.3, 0.4) is 0 Å². The molecule has 8 rings (SSSR count). The van der Waals surface area contributed by atoms with Crippen molar-refractivity contribution in [1.29, 1.82) is 5.26 Å². The number of nitrogens with zero attached hydrogens (tertiary/aromatic N) is 8. The van der Waals surface area contributed by atoms with Crippen LogP contribution in [-0.4, -0.2) is 75.7 Å². The number of likely N-dealkylation sites (tertiary alicyclic amines) is 1. The molecule has 4 atom stereocenters. The quantitative estimate of drug-likeness (QED) is 0.288. The third-order valence-corrected chi connectivity index (χ3v) is 9.27. The molecule has 2 saturated heterocycles. The minimum atomic E-state index is -0.0864. The van der Waals surface area contributed by atoms with Crippen LogP contribution in [-0.2, 0) is 4.79 Å². The second-order valence-electron chi connectivity index (χ2n) is 11.8. The molecule has 6 aromatic heterocycles. The Morgan fingerprint density at radius 3 is 2.09 bits per heavy atom. The van der Waals surface area contributed by atoms with Gasteiger partial charge in [-0.25, -0.2) is 19.9 Å². The summed E-state index contributed by atoms with van der Waals surface area (Å²) in [5.41, 5.74) is 7.98. The predicted molar refractivity (Wildman–Crippen MR) is 162 cm³/mol. The van der Waals surface area contributed by atoms with E-state index < -0.39 is 0 Å². The molecule has 0 spiro atoms. The van der Waals surface area contributed by atoms with E-state index >= 15 is 0 Å². The Morgan fingerprint density at radius 2 is 1.49 bits per heavy atom. The van der Waals surface area contributed by atoms with Crippen molar-refractivity contribution < 1.29 is 4.79 Å². The van der Waals surface area contributed by atoms with E-state index in [1.54, 1.807) is 6.20 Å². The van der Waals surface area contributed by atoms with Gasteiger partial charge in [-0.15, -0.1) is 0 Å². The van der Waals surface area contributed by atoms with Crippen LogP contribution in [0.15, 0.2) is 49.3 Å². The van der Waals surface area contributed by atoms with E-state index in [0.717, 1.165) is 65.4 Å². The molecule has 0 aromatic carbocycles. The second kappa shape index (κ2) is 11.1. The average molecular weight is 578 g/mol. The fourth-order valence-corrected chi connectivity index (χ4v) is 6.75.